The first kappa shape index (κ1) is 22.8. The van der Waals surface area contributed by atoms with Crippen LogP contribution in [0.4, 0.5) is 4.79 Å². The van der Waals surface area contributed by atoms with Crippen LogP contribution in [0.1, 0.15) is 27.7 Å². The van der Waals surface area contributed by atoms with Crippen LogP contribution in [0.5, 0.6) is 0 Å². The number of esters is 2. The summed E-state index contributed by atoms with van der Waals surface area (Å²) in [4.78, 5) is 29.5. The van der Waals surface area contributed by atoms with Crippen molar-refractivity contribution in [1.29, 1.82) is 0 Å². The summed E-state index contributed by atoms with van der Waals surface area (Å²) in [5, 5.41) is 13.9. The van der Waals surface area contributed by atoms with Gasteiger partial charge in [0, 0.05) is 11.1 Å². The van der Waals surface area contributed by atoms with Crippen LogP contribution >= 0.6 is 0 Å². The van der Waals surface area contributed by atoms with Gasteiger partial charge in [0.15, 0.2) is 0 Å². The highest BCUT2D eigenvalue weighted by atomic mass is 16.6. The number of carboxylic acid groups (broad SMARTS) is 2. The number of ether oxygens (including phenoxy) is 2. The van der Waals surface area contributed by atoms with Gasteiger partial charge in [-0.1, -0.05) is 12.2 Å². The maximum absolute atomic E-state index is 10.5. The quantitative estimate of drug-likeness (QED) is 0.593. The standard InChI is InChI=1S/2C6H10O2.CH2O3/c2*1-4-5(2)6(7)8-3;2-1(3)4/h2*4H,1-3H3;(H2,2,3,4). The predicted molar refractivity (Wildman–Crippen MR) is 73.5 cm³/mol. The molecule has 0 aromatic heterocycles. The van der Waals surface area contributed by atoms with Crippen molar-refractivity contribution in [3.8, 4) is 0 Å². The Morgan fingerprint density at radius 3 is 1.05 bits per heavy atom. The van der Waals surface area contributed by atoms with E-state index in [9.17, 15) is 9.59 Å². The van der Waals surface area contributed by atoms with Crippen molar-refractivity contribution in [1.82, 2.24) is 0 Å². The number of carbonyl (C=O) groups excluding carboxylic acids is 2. The Bertz CT molecular complexity index is 333. The van der Waals surface area contributed by atoms with E-state index in [0.717, 1.165) is 0 Å². The zero-order valence-corrected chi connectivity index (χ0v) is 12.6. The molecule has 0 aliphatic rings. The lowest BCUT2D eigenvalue weighted by Crippen LogP contribution is -2.00. The van der Waals surface area contributed by atoms with Gasteiger partial charge in [-0.2, -0.15) is 0 Å². The van der Waals surface area contributed by atoms with Gasteiger partial charge < -0.3 is 19.7 Å². The molecule has 0 saturated carbocycles. The van der Waals surface area contributed by atoms with Crippen molar-refractivity contribution < 1.29 is 34.1 Å². The van der Waals surface area contributed by atoms with E-state index < -0.39 is 6.16 Å². The second kappa shape index (κ2) is 14.7. The average Bonchev–Trinajstić information content (AvgIpc) is 2.43. The molecule has 0 rings (SSSR count). The Morgan fingerprint density at radius 2 is 1.00 bits per heavy atom. The van der Waals surface area contributed by atoms with E-state index in [1.807, 2.05) is 0 Å². The molecular formula is C13H22O7. The fourth-order valence-corrected chi connectivity index (χ4v) is 0.558. The van der Waals surface area contributed by atoms with Gasteiger partial charge in [0.2, 0.25) is 0 Å². The number of methoxy groups -OCH3 is 2. The lowest BCUT2D eigenvalue weighted by atomic mass is 10.3. The fourth-order valence-electron chi connectivity index (χ4n) is 0.558. The SMILES string of the molecule is CC=C(C)C(=O)OC.CC=C(C)C(=O)OC.O=C(O)O. The van der Waals surface area contributed by atoms with Crippen LogP contribution in [0.15, 0.2) is 23.3 Å². The maximum Gasteiger partial charge on any atom is 0.503 e. The lowest BCUT2D eigenvalue weighted by molar-refractivity contribution is -0.136. The summed E-state index contributed by atoms with van der Waals surface area (Å²) in [7, 11) is 2.74. The van der Waals surface area contributed by atoms with Crippen LogP contribution in [0.3, 0.4) is 0 Å². The number of allylic oxidation sites excluding steroid dienone is 2. The van der Waals surface area contributed by atoms with E-state index in [4.69, 9.17) is 15.0 Å². The molecule has 0 aromatic carbocycles. The third-order valence-electron chi connectivity index (χ3n) is 1.88. The van der Waals surface area contributed by atoms with Gasteiger partial charge in [-0.25, -0.2) is 14.4 Å². The molecule has 0 radical (unpaired) electrons. The van der Waals surface area contributed by atoms with Gasteiger partial charge in [0.05, 0.1) is 14.2 Å². The van der Waals surface area contributed by atoms with Crippen LogP contribution in [-0.2, 0) is 19.1 Å². The summed E-state index contributed by atoms with van der Waals surface area (Å²) in [6.45, 7) is 7.02. The molecule has 0 saturated heterocycles. The summed E-state index contributed by atoms with van der Waals surface area (Å²) < 4.78 is 8.79. The highest BCUT2D eigenvalue weighted by Gasteiger charge is 1.98. The third-order valence-corrected chi connectivity index (χ3v) is 1.88. The zero-order chi connectivity index (χ0) is 16.7. The van der Waals surface area contributed by atoms with Crippen molar-refractivity contribution in [3.05, 3.63) is 23.3 Å². The second-order valence-electron chi connectivity index (χ2n) is 3.21. The summed E-state index contributed by atoms with van der Waals surface area (Å²) >= 11 is 0. The van der Waals surface area contributed by atoms with Gasteiger partial charge in [-0.3, -0.25) is 0 Å². The molecule has 0 spiro atoms. The molecule has 0 unspecified atom stereocenters. The molecule has 7 nitrogen and oxygen atoms in total. The normalized spacial score (nSPS) is 10.1. The number of hydrogen-bond donors (Lipinski definition) is 2. The van der Waals surface area contributed by atoms with E-state index in [2.05, 4.69) is 9.47 Å². The Kier molecular flexibility index (Phi) is 16.8. The van der Waals surface area contributed by atoms with E-state index in [1.54, 1.807) is 39.8 Å². The topological polar surface area (TPSA) is 110 Å². The molecule has 0 atom stereocenters. The van der Waals surface area contributed by atoms with Crippen LogP contribution in [0.25, 0.3) is 0 Å². The van der Waals surface area contributed by atoms with E-state index >= 15 is 0 Å². The number of hydrogen-bond acceptors (Lipinski definition) is 5. The molecule has 0 bridgehead atoms. The van der Waals surface area contributed by atoms with Crippen LogP contribution in [-0.4, -0.2) is 42.5 Å². The first-order valence-electron chi connectivity index (χ1n) is 5.52. The Balaban J connectivity index is -0.000000230. The minimum Gasteiger partial charge on any atom is -0.466 e. The summed E-state index contributed by atoms with van der Waals surface area (Å²) in [6.07, 6.45) is 1.59. The van der Waals surface area contributed by atoms with E-state index in [0.29, 0.717) is 11.1 Å². The monoisotopic (exact) mass is 290 g/mol. The second-order valence-corrected chi connectivity index (χ2v) is 3.21. The van der Waals surface area contributed by atoms with E-state index in [1.165, 1.54) is 14.2 Å². The maximum atomic E-state index is 10.5. The smallest absolute Gasteiger partial charge is 0.466 e. The van der Waals surface area contributed by atoms with Gasteiger partial charge in [-0.05, 0) is 27.7 Å². The highest BCUT2D eigenvalue weighted by molar-refractivity contribution is 5.87. The van der Waals surface area contributed by atoms with Gasteiger partial charge in [0.1, 0.15) is 0 Å². The molecule has 0 aliphatic carbocycles. The van der Waals surface area contributed by atoms with Crippen molar-refractivity contribution >= 4 is 18.1 Å². The Labute approximate surface area is 118 Å². The largest absolute Gasteiger partial charge is 0.503 e. The molecule has 0 amide bonds. The summed E-state index contributed by atoms with van der Waals surface area (Å²) in [5.41, 5.74) is 1.29. The fraction of sp³-hybridized carbons (Fsp3) is 0.462. The van der Waals surface area contributed by atoms with Crippen molar-refractivity contribution in [2.75, 3.05) is 14.2 Å². The van der Waals surface area contributed by atoms with Crippen LogP contribution in [0, 0.1) is 0 Å². The first-order chi connectivity index (χ1) is 9.17. The summed E-state index contributed by atoms with van der Waals surface area (Å²) in [5.74, 6) is -0.514. The minimum atomic E-state index is -1.83. The molecule has 2 N–H and O–H groups in total. The highest BCUT2D eigenvalue weighted by Crippen LogP contribution is 1.92. The van der Waals surface area contributed by atoms with Crippen LogP contribution < -0.4 is 0 Å². The molecule has 0 fully saturated rings. The minimum absolute atomic E-state index is 0.257. The zero-order valence-electron chi connectivity index (χ0n) is 12.6. The predicted octanol–water partition coefficient (Wildman–Crippen LogP) is 2.47. The molecule has 0 heterocycles. The molecule has 7 heteroatoms. The molecule has 116 valence electrons. The van der Waals surface area contributed by atoms with Crippen LogP contribution in [0.2, 0.25) is 0 Å². The molecular weight excluding hydrogens is 268 g/mol. The van der Waals surface area contributed by atoms with Crippen molar-refractivity contribution in [2.45, 2.75) is 27.7 Å². The molecule has 0 aliphatic heterocycles. The first-order valence-corrected chi connectivity index (χ1v) is 5.52. The number of rotatable bonds is 2. The van der Waals surface area contributed by atoms with E-state index in [-0.39, 0.29) is 11.9 Å². The van der Waals surface area contributed by atoms with Gasteiger partial charge in [0.25, 0.3) is 0 Å². The Morgan fingerprint density at radius 1 is 0.800 bits per heavy atom. The van der Waals surface area contributed by atoms with Gasteiger partial charge in [-0.15, -0.1) is 0 Å². The van der Waals surface area contributed by atoms with Crippen molar-refractivity contribution in [3.63, 3.8) is 0 Å². The van der Waals surface area contributed by atoms with Crippen molar-refractivity contribution in [2.24, 2.45) is 0 Å². The third kappa shape index (κ3) is 18.1. The average molecular weight is 290 g/mol. The number of carbonyl (C=O) groups is 3. The van der Waals surface area contributed by atoms with Gasteiger partial charge >= 0.3 is 18.1 Å². The summed E-state index contributed by atoms with van der Waals surface area (Å²) in [6, 6.07) is 0. The Hall–Kier alpha value is -2.31. The lowest BCUT2D eigenvalue weighted by Gasteiger charge is -1.93. The molecule has 0 aromatic rings. The molecule has 20 heavy (non-hydrogen) atoms.